The van der Waals surface area contributed by atoms with Gasteiger partial charge < -0.3 is 10.0 Å². The molecule has 1 heterocycles. The van der Waals surface area contributed by atoms with E-state index in [0.717, 1.165) is 11.4 Å². The van der Waals surface area contributed by atoms with E-state index in [9.17, 15) is 4.79 Å². The van der Waals surface area contributed by atoms with Crippen LogP contribution in [-0.2, 0) is 4.79 Å². The number of carbonyl (C=O) groups is 1. The number of hydrogen-bond acceptors (Lipinski definition) is 4. The highest BCUT2D eigenvalue weighted by atomic mass is 16.4. The Morgan fingerprint density at radius 1 is 1.62 bits per heavy atom. The normalized spacial score (nSPS) is 9.56. The number of rotatable bonds is 4. The van der Waals surface area contributed by atoms with Crippen LogP contribution in [0.4, 0.5) is 5.69 Å². The van der Waals surface area contributed by atoms with Gasteiger partial charge in [0, 0.05) is 25.0 Å². The maximum Gasteiger partial charge on any atom is 0.305 e. The molecule has 0 fully saturated rings. The third-order valence-corrected chi connectivity index (χ3v) is 2.15. The van der Waals surface area contributed by atoms with Gasteiger partial charge in [0.2, 0.25) is 0 Å². The summed E-state index contributed by atoms with van der Waals surface area (Å²) in [6.45, 7) is 2.21. The summed E-state index contributed by atoms with van der Waals surface area (Å²) in [6.07, 6.45) is 0.0692. The van der Waals surface area contributed by atoms with Crippen molar-refractivity contribution in [3.8, 4) is 6.07 Å². The number of carboxylic acids is 1. The van der Waals surface area contributed by atoms with Gasteiger partial charge in [-0.15, -0.1) is 0 Å². The van der Waals surface area contributed by atoms with Gasteiger partial charge in [-0.25, -0.2) is 4.98 Å². The molecule has 1 aromatic heterocycles. The lowest BCUT2D eigenvalue weighted by Crippen LogP contribution is -2.21. The van der Waals surface area contributed by atoms with Gasteiger partial charge in [0.25, 0.3) is 0 Å². The minimum absolute atomic E-state index is 0.0692. The lowest BCUT2D eigenvalue weighted by Gasteiger charge is -2.18. The van der Waals surface area contributed by atoms with Crippen LogP contribution < -0.4 is 4.90 Å². The third-order valence-electron chi connectivity index (χ3n) is 2.15. The molecular weight excluding hydrogens is 206 g/mol. The average molecular weight is 219 g/mol. The molecule has 16 heavy (non-hydrogen) atoms. The van der Waals surface area contributed by atoms with Crippen LogP contribution in [0.15, 0.2) is 12.1 Å². The second kappa shape index (κ2) is 5.12. The molecular formula is C11H13N3O2. The Morgan fingerprint density at radius 3 is 2.88 bits per heavy atom. The van der Waals surface area contributed by atoms with Crippen molar-refractivity contribution >= 4 is 11.7 Å². The van der Waals surface area contributed by atoms with E-state index in [1.54, 1.807) is 24.9 Å². The lowest BCUT2D eigenvalue weighted by molar-refractivity contribution is -0.136. The molecule has 0 aliphatic carbocycles. The Labute approximate surface area is 93.9 Å². The van der Waals surface area contributed by atoms with Gasteiger partial charge in [0.15, 0.2) is 0 Å². The topological polar surface area (TPSA) is 77.2 Å². The maximum atomic E-state index is 10.4. The summed E-state index contributed by atoms with van der Waals surface area (Å²) in [5.74, 6) is -0.835. The Balaban J connectivity index is 2.83. The van der Waals surface area contributed by atoms with E-state index in [0.29, 0.717) is 12.2 Å². The second-order valence-electron chi connectivity index (χ2n) is 3.53. The van der Waals surface area contributed by atoms with Gasteiger partial charge in [-0.1, -0.05) is 0 Å². The molecule has 1 rings (SSSR count). The van der Waals surface area contributed by atoms with Gasteiger partial charge >= 0.3 is 5.97 Å². The van der Waals surface area contributed by atoms with Crippen molar-refractivity contribution in [2.24, 2.45) is 0 Å². The predicted octanol–water partition coefficient (Wildman–Crippen LogP) is 1.17. The summed E-state index contributed by atoms with van der Waals surface area (Å²) in [4.78, 5) is 16.3. The van der Waals surface area contributed by atoms with Crippen molar-refractivity contribution in [3.05, 3.63) is 23.5 Å². The number of aryl methyl sites for hydroxylation is 1. The van der Waals surface area contributed by atoms with E-state index >= 15 is 0 Å². The van der Waals surface area contributed by atoms with Crippen LogP contribution >= 0.6 is 0 Å². The molecule has 1 N–H and O–H groups in total. The smallest absolute Gasteiger partial charge is 0.305 e. The Kier molecular flexibility index (Phi) is 3.84. The Morgan fingerprint density at radius 2 is 2.31 bits per heavy atom. The summed E-state index contributed by atoms with van der Waals surface area (Å²) in [5.41, 5.74) is 1.90. The molecule has 1 aromatic rings. The van der Waals surface area contributed by atoms with E-state index in [4.69, 9.17) is 10.4 Å². The fourth-order valence-electron chi connectivity index (χ4n) is 1.32. The highest BCUT2D eigenvalue weighted by Crippen LogP contribution is 2.15. The average Bonchev–Trinajstić information content (AvgIpc) is 2.24. The molecule has 0 aliphatic rings. The lowest BCUT2D eigenvalue weighted by atomic mass is 10.2. The first-order valence-electron chi connectivity index (χ1n) is 4.84. The first kappa shape index (κ1) is 12.0. The monoisotopic (exact) mass is 219 g/mol. The van der Waals surface area contributed by atoms with Crippen molar-refractivity contribution in [3.63, 3.8) is 0 Å². The second-order valence-corrected chi connectivity index (χ2v) is 3.53. The van der Waals surface area contributed by atoms with Gasteiger partial charge in [0.1, 0.15) is 11.8 Å². The van der Waals surface area contributed by atoms with E-state index in [2.05, 4.69) is 4.98 Å². The molecule has 0 aliphatic heterocycles. The first-order chi connectivity index (χ1) is 7.52. The van der Waals surface area contributed by atoms with E-state index in [1.165, 1.54) is 0 Å². The molecule has 0 radical (unpaired) electrons. The van der Waals surface area contributed by atoms with E-state index < -0.39 is 5.97 Å². The summed E-state index contributed by atoms with van der Waals surface area (Å²) < 4.78 is 0. The van der Waals surface area contributed by atoms with Crippen molar-refractivity contribution in [2.75, 3.05) is 18.5 Å². The van der Waals surface area contributed by atoms with Crippen LogP contribution in [0.3, 0.4) is 0 Å². The van der Waals surface area contributed by atoms with Crippen molar-refractivity contribution in [1.82, 2.24) is 4.98 Å². The molecule has 0 bridgehead atoms. The zero-order valence-electron chi connectivity index (χ0n) is 9.27. The van der Waals surface area contributed by atoms with E-state index in [1.807, 2.05) is 12.1 Å². The molecule has 5 nitrogen and oxygen atoms in total. The van der Waals surface area contributed by atoms with Gasteiger partial charge in [-0.05, 0) is 19.1 Å². The van der Waals surface area contributed by atoms with Gasteiger partial charge in [0.05, 0.1) is 6.42 Å². The Bertz CT molecular complexity index is 437. The number of nitriles is 1. The Hall–Kier alpha value is -2.09. The summed E-state index contributed by atoms with van der Waals surface area (Å²) in [6, 6.07) is 5.44. The maximum absolute atomic E-state index is 10.4. The number of nitrogens with zero attached hydrogens (tertiary/aromatic N) is 3. The number of carboxylic acid groups (broad SMARTS) is 1. The zero-order chi connectivity index (χ0) is 12.1. The van der Waals surface area contributed by atoms with Crippen LogP contribution in [0.1, 0.15) is 17.8 Å². The van der Waals surface area contributed by atoms with Crippen LogP contribution in [0.2, 0.25) is 0 Å². The third kappa shape index (κ3) is 3.24. The molecule has 0 saturated carbocycles. The molecule has 0 atom stereocenters. The summed E-state index contributed by atoms with van der Waals surface area (Å²) >= 11 is 0. The number of aliphatic carboxylic acids is 1. The van der Waals surface area contributed by atoms with Gasteiger partial charge in [-0.2, -0.15) is 5.26 Å². The molecule has 5 heteroatoms. The summed E-state index contributed by atoms with van der Waals surface area (Å²) in [7, 11) is 1.79. The number of anilines is 1. The minimum atomic E-state index is -0.835. The first-order valence-corrected chi connectivity index (χ1v) is 4.84. The fraction of sp³-hybridized carbons (Fsp3) is 0.364. The number of hydrogen-bond donors (Lipinski definition) is 1. The largest absolute Gasteiger partial charge is 0.481 e. The van der Waals surface area contributed by atoms with Crippen LogP contribution in [-0.4, -0.2) is 29.7 Å². The highest BCUT2D eigenvalue weighted by molar-refractivity contribution is 5.67. The highest BCUT2D eigenvalue weighted by Gasteiger charge is 2.06. The van der Waals surface area contributed by atoms with Crippen LogP contribution in [0.5, 0.6) is 0 Å². The molecule has 0 unspecified atom stereocenters. The standard InChI is InChI=1S/C11H13N3O2/c1-8-5-10(6-9(7-12)13-8)14(2)4-3-11(15)16/h5-6H,3-4H2,1-2H3,(H,15,16). The minimum Gasteiger partial charge on any atom is -0.481 e. The fourth-order valence-corrected chi connectivity index (χ4v) is 1.32. The van der Waals surface area contributed by atoms with Gasteiger partial charge in [-0.3, -0.25) is 4.79 Å². The van der Waals surface area contributed by atoms with Crippen LogP contribution in [0.25, 0.3) is 0 Å². The quantitative estimate of drug-likeness (QED) is 0.822. The number of pyridine rings is 1. The van der Waals surface area contributed by atoms with Crippen LogP contribution in [0, 0.1) is 18.3 Å². The molecule has 0 amide bonds. The van der Waals surface area contributed by atoms with E-state index in [-0.39, 0.29) is 6.42 Å². The molecule has 0 saturated heterocycles. The molecule has 0 aromatic carbocycles. The molecule has 84 valence electrons. The molecule has 0 spiro atoms. The summed E-state index contributed by atoms with van der Waals surface area (Å²) in [5, 5.41) is 17.3. The SMILES string of the molecule is Cc1cc(N(C)CCC(=O)O)cc(C#N)n1. The predicted molar refractivity (Wildman–Crippen MR) is 59.2 cm³/mol. The van der Waals surface area contributed by atoms with Crippen molar-refractivity contribution in [1.29, 1.82) is 5.26 Å². The zero-order valence-corrected chi connectivity index (χ0v) is 9.27. The number of aromatic nitrogens is 1. The van der Waals surface area contributed by atoms with Crippen molar-refractivity contribution in [2.45, 2.75) is 13.3 Å². The van der Waals surface area contributed by atoms with Crippen molar-refractivity contribution < 1.29 is 9.90 Å².